The average molecular weight is 273 g/mol. The van der Waals surface area contributed by atoms with Crippen LogP contribution >= 0.6 is 0 Å². The molecule has 5 nitrogen and oxygen atoms in total. The summed E-state index contributed by atoms with van der Waals surface area (Å²) in [5, 5.41) is 4.11. The van der Waals surface area contributed by atoms with E-state index in [9.17, 15) is 8.42 Å². The summed E-state index contributed by atoms with van der Waals surface area (Å²) in [6, 6.07) is -0.140. The number of aromatic nitrogens is 2. The number of hydrogen-bond acceptors (Lipinski definition) is 3. The standard InChI is InChI=1S/C12H23N3O2S/c1-7-14-11(6)12(8-13-14)18(16,17)15(9(2)3)10(4)5/h8-10H,7H2,1-6H3. The first-order valence-electron chi connectivity index (χ1n) is 6.29. The molecule has 0 amide bonds. The Kier molecular flexibility index (Phi) is 4.55. The second-order valence-electron chi connectivity index (χ2n) is 4.93. The molecule has 0 aromatic carbocycles. The molecule has 0 unspecified atom stereocenters. The van der Waals surface area contributed by atoms with E-state index in [2.05, 4.69) is 5.10 Å². The van der Waals surface area contributed by atoms with Crippen LogP contribution in [0.15, 0.2) is 11.1 Å². The monoisotopic (exact) mass is 273 g/mol. The minimum Gasteiger partial charge on any atom is -0.269 e. The predicted octanol–water partition coefficient (Wildman–Crippen LogP) is 2.02. The molecule has 0 aliphatic rings. The molecular formula is C12H23N3O2S. The summed E-state index contributed by atoms with van der Waals surface area (Å²) in [5.41, 5.74) is 0.698. The molecule has 0 saturated heterocycles. The van der Waals surface area contributed by atoms with Crippen molar-refractivity contribution in [2.75, 3.05) is 0 Å². The first kappa shape index (κ1) is 15.2. The van der Waals surface area contributed by atoms with Gasteiger partial charge in [-0.25, -0.2) is 8.42 Å². The van der Waals surface area contributed by atoms with E-state index in [-0.39, 0.29) is 12.1 Å². The predicted molar refractivity (Wildman–Crippen MR) is 71.9 cm³/mol. The zero-order valence-electron chi connectivity index (χ0n) is 12.0. The molecule has 0 atom stereocenters. The van der Waals surface area contributed by atoms with Gasteiger partial charge >= 0.3 is 0 Å². The van der Waals surface area contributed by atoms with E-state index in [0.29, 0.717) is 17.1 Å². The number of aryl methyl sites for hydroxylation is 1. The zero-order chi connectivity index (χ0) is 14.1. The molecule has 1 rings (SSSR count). The van der Waals surface area contributed by atoms with Crippen molar-refractivity contribution in [2.45, 2.75) is 65.1 Å². The third-order valence-electron chi connectivity index (χ3n) is 2.93. The van der Waals surface area contributed by atoms with Crippen molar-refractivity contribution in [1.29, 1.82) is 0 Å². The van der Waals surface area contributed by atoms with Crippen molar-refractivity contribution in [2.24, 2.45) is 0 Å². The quantitative estimate of drug-likeness (QED) is 0.824. The Morgan fingerprint density at radius 1 is 1.28 bits per heavy atom. The topological polar surface area (TPSA) is 55.2 Å². The fourth-order valence-corrected chi connectivity index (χ4v) is 4.26. The van der Waals surface area contributed by atoms with Crippen molar-refractivity contribution < 1.29 is 8.42 Å². The summed E-state index contributed by atoms with van der Waals surface area (Å²) < 4.78 is 28.5. The van der Waals surface area contributed by atoms with E-state index in [4.69, 9.17) is 0 Å². The summed E-state index contributed by atoms with van der Waals surface area (Å²) in [6.45, 7) is 12.0. The molecule has 18 heavy (non-hydrogen) atoms. The van der Waals surface area contributed by atoms with Crippen LogP contribution in [0.1, 0.15) is 40.3 Å². The second kappa shape index (κ2) is 5.40. The summed E-state index contributed by atoms with van der Waals surface area (Å²) in [4.78, 5) is 0.312. The molecule has 1 aromatic heterocycles. The van der Waals surface area contributed by atoms with Crippen LogP contribution < -0.4 is 0 Å². The van der Waals surface area contributed by atoms with Crippen molar-refractivity contribution in [1.82, 2.24) is 14.1 Å². The SMILES string of the molecule is CCn1ncc(S(=O)(=O)N(C(C)C)C(C)C)c1C. The molecule has 104 valence electrons. The van der Waals surface area contributed by atoms with Crippen LogP contribution in [0.5, 0.6) is 0 Å². The maximum Gasteiger partial charge on any atom is 0.246 e. The molecule has 0 aliphatic carbocycles. The number of rotatable bonds is 5. The van der Waals surface area contributed by atoms with Crippen LogP contribution in [0.25, 0.3) is 0 Å². The van der Waals surface area contributed by atoms with Gasteiger partial charge in [0.25, 0.3) is 0 Å². The molecule has 0 saturated carbocycles. The Morgan fingerprint density at radius 3 is 2.11 bits per heavy atom. The summed E-state index contributed by atoms with van der Waals surface area (Å²) >= 11 is 0. The summed E-state index contributed by atoms with van der Waals surface area (Å²) in [5.74, 6) is 0. The average Bonchev–Trinajstić information content (AvgIpc) is 2.57. The normalized spacial score (nSPS) is 12.9. The van der Waals surface area contributed by atoms with Gasteiger partial charge in [0, 0.05) is 18.6 Å². The molecule has 1 aromatic rings. The lowest BCUT2D eigenvalue weighted by Gasteiger charge is -2.29. The zero-order valence-corrected chi connectivity index (χ0v) is 12.8. The minimum atomic E-state index is -3.47. The van der Waals surface area contributed by atoms with Gasteiger partial charge in [-0.05, 0) is 41.5 Å². The lowest BCUT2D eigenvalue weighted by Crippen LogP contribution is -2.42. The van der Waals surface area contributed by atoms with Gasteiger partial charge in [0.15, 0.2) is 0 Å². The number of hydrogen-bond donors (Lipinski definition) is 0. The van der Waals surface area contributed by atoms with Crippen LogP contribution in [0.4, 0.5) is 0 Å². The van der Waals surface area contributed by atoms with Gasteiger partial charge < -0.3 is 0 Å². The van der Waals surface area contributed by atoms with Crippen molar-refractivity contribution in [3.8, 4) is 0 Å². The Morgan fingerprint density at radius 2 is 1.78 bits per heavy atom. The van der Waals surface area contributed by atoms with E-state index in [1.807, 2.05) is 34.6 Å². The third kappa shape index (κ3) is 2.59. The fraction of sp³-hybridized carbons (Fsp3) is 0.750. The van der Waals surface area contributed by atoms with Gasteiger partial charge in [0.2, 0.25) is 10.0 Å². The molecule has 0 radical (unpaired) electrons. The molecule has 0 fully saturated rings. The lowest BCUT2D eigenvalue weighted by molar-refractivity contribution is 0.302. The highest BCUT2D eigenvalue weighted by Gasteiger charge is 2.32. The highest BCUT2D eigenvalue weighted by Crippen LogP contribution is 2.23. The van der Waals surface area contributed by atoms with Crippen molar-refractivity contribution in [3.63, 3.8) is 0 Å². The van der Waals surface area contributed by atoms with Gasteiger partial charge in [0.05, 0.1) is 11.9 Å². The highest BCUT2D eigenvalue weighted by molar-refractivity contribution is 7.89. The first-order valence-corrected chi connectivity index (χ1v) is 7.73. The van der Waals surface area contributed by atoms with Crippen molar-refractivity contribution >= 4 is 10.0 Å². The van der Waals surface area contributed by atoms with Crippen LogP contribution in [0.2, 0.25) is 0 Å². The number of sulfonamides is 1. The minimum absolute atomic E-state index is 0.0700. The van der Waals surface area contributed by atoms with Gasteiger partial charge in [-0.15, -0.1) is 0 Å². The maximum absolute atomic E-state index is 12.6. The smallest absolute Gasteiger partial charge is 0.246 e. The van der Waals surface area contributed by atoms with Crippen molar-refractivity contribution in [3.05, 3.63) is 11.9 Å². The van der Waals surface area contributed by atoms with E-state index < -0.39 is 10.0 Å². The Hall–Kier alpha value is -0.880. The lowest BCUT2D eigenvalue weighted by atomic mass is 10.3. The summed E-state index contributed by atoms with van der Waals surface area (Å²) in [6.07, 6.45) is 1.45. The van der Waals surface area contributed by atoms with Gasteiger partial charge in [-0.3, -0.25) is 4.68 Å². The van der Waals surface area contributed by atoms with Crippen LogP contribution in [0, 0.1) is 6.92 Å². The van der Waals surface area contributed by atoms with E-state index in [0.717, 1.165) is 0 Å². The van der Waals surface area contributed by atoms with Crippen LogP contribution in [-0.4, -0.2) is 34.6 Å². The molecule has 0 aliphatic heterocycles. The van der Waals surface area contributed by atoms with Crippen LogP contribution in [-0.2, 0) is 16.6 Å². The Bertz CT molecular complexity index is 495. The molecule has 0 spiro atoms. The molecule has 0 bridgehead atoms. The van der Waals surface area contributed by atoms with E-state index in [1.165, 1.54) is 10.5 Å². The van der Waals surface area contributed by atoms with Crippen LogP contribution in [0.3, 0.4) is 0 Å². The second-order valence-corrected chi connectivity index (χ2v) is 6.74. The van der Waals surface area contributed by atoms with E-state index >= 15 is 0 Å². The molecule has 6 heteroatoms. The first-order chi connectivity index (χ1) is 8.23. The molecule has 1 heterocycles. The molecule has 0 N–H and O–H groups in total. The Labute approximate surface area is 110 Å². The number of nitrogens with zero attached hydrogens (tertiary/aromatic N) is 3. The van der Waals surface area contributed by atoms with Gasteiger partial charge in [-0.1, -0.05) is 0 Å². The third-order valence-corrected chi connectivity index (χ3v) is 5.29. The molecular weight excluding hydrogens is 250 g/mol. The fourth-order valence-electron chi connectivity index (χ4n) is 2.27. The summed E-state index contributed by atoms with van der Waals surface area (Å²) in [7, 11) is -3.47. The highest BCUT2D eigenvalue weighted by atomic mass is 32.2. The Balaban J connectivity index is 3.31. The van der Waals surface area contributed by atoms with E-state index in [1.54, 1.807) is 11.6 Å². The van der Waals surface area contributed by atoms with Gasteiger partial charge in [0.1, 0.15) is 4.90 Å². The maximum atomic E-state index is 12.6. The van der Waals surface area contributed by atoms with Gasteiger partial charge in [-0.2, -0.15) is 9.40 Å². The largest absolute Gasteiger partial charge is 0.269 e.